The number of anilines is 2. The lowest BCUT2D eigenvalue weighted by Gasteiger charge is -2.29. The van der Waals surface area contributed by atoms with Crippen molar-refractivity contribution in [1.82, 2.24) is 0 Å². The van der Waals surface area contributed by atoms with E-state index in [-0.39, 0.29) is 24.3 Å². The van der Waals surface area contributed by atoms with Crippen LogP contribution in [0.3, 0.4) is 0 Å². The van der Waals surface area contributed by atoms with E-state index in [1.807, 2.05) is 18.2 Å². The second-order valence-corrected chi connectivity index (χ2v) is 7.56. The third-order valence-electron chi connectivity index (χ3n) is 5.35. The molecule has 2 aromatic carbocycles. The summed E-state index contributed by atoms with van der Waals surface area (Å²) < 4.78 is 10.5. The SMILES string of the molecule is COc1ccc2c(c1)CCCN2C(=O)COC(=O)c1cccc(NC(=O)C2CC2)c1. The molecule has 2 aromatic rings. The highest BCUT2D eigenvalue weighted by atomic mass is 16.5. The van der Waals surface area contributed by atoms with Crippen LogP contribution in [0.1, 0.15) is 35.2 Å². The van der Waals surface area contributed by atoms with Crippen molar-refractivity contribution >= 4 is 29.2 Å². The molecule has 1 saturated carbocycles. The van der Waals surface area contributed by atoms with E-state index >= 15 is 0 Å². The van der Waals surface area contributed by atoms with Crippen molar-refractivity contribution in [2.75, 3.05) is 30.5 Å². The van der Waals surface area contributed by atoms with Crippen molar-refractivity contribution < 1.29 is 23.9 Å². The number of rotatable bonds is 6. The molecule has 1 fully saturated rings. The fourth-order valence-electron chi connectivity index (χ4n) is 3.56. The van der Waals surface area contributed by atoms with Crippen LogP contribution in [0.2, 0.25) is 0 Å². The van der Waals surface area contributed by atoms with E-state index < -0.39 is 5.97 Å². The second-order valence-electron chi connectivity index (χ2n) is 7.56. The summed E-state index contributed by atoms with van der Waals surface area (Å²) in [7, 11) is 1.61. The van der Waals surface area contributed by atoms with Gasteiger partial charge in [-0.2, -0.15) is 0 Å². The molecule has 1 aliphatic carbocycles. The standard InChI is InChI=1S/C23H24N2O5/c1-29-19-9-10-20-16(13-19)5-3-11-25(20)21(26)14-30-23(28)17-4-2-6-18(12-17)24-22(27)15-7-8-15/h2,4,6,9-10,12-13,15H,3,5,7-8,11,14H2,1H3,(H,24,27). The molecule has 0 radical (unpaired) electrons. The molecule has 7 heteroatoms. The second kappa shape index (κ2) is 8.57. The number of nitrogens with one attached hydrogen (secondary N) is 1. The number of benzene rings is 2. The van der Waals surface area contributed by atoms with Gasteiger partial charge >= 0.3 is 5.97 Å². The van der Waals surface area contributed by atoms with Crippen LogP contribution >= 0.6 is 0 Å². The minimum absolute atomic E-state index is 0.0314. The van der Waals surface area contributed by atoms with Crippen LogP contribution in [0.25, 0.3) is 0 Å². The topological polar surface area (TPSA) is 84.9 Å². The maximum Gasteiger partial charge on any atom is 0.338 e. The number of hydrogen-bond acceptors (Lipinski definition) is 5. The molecule has 1 heterocycles. The highest BCUT2D eigenvalue weighted by molar-refractivity contribution is 5.99. The Morgan fingerprint density at radius 2 is 1.97 bits per heavy atom. The summed E-state index contributed by atoms with van der Waals surface area (Å²) in [5, 5.41) is 2.80. The van der Waals surface area contributed by atoms with E-state index in [0.717, 1.165) is 42.7 Å². The number of amides is 2. The average molecular weight is 408 g/mol. The van der Waals surface area contributed by atoms with Gasteiger partial charge in [-0.3, -0.25) is 9.59 Å². The molecular formula is C23H24N2O5. The Labute approximate surface area is 175 Å². The maximum atomic E-state index is 12.7. The van der Waals surface area contributed by atoms with Gasteiger partial charge in [0.05, 0.1) is 12.7 Å². The van der Waals surface area contributed by atoms with Crippen LogP contribution < -0.4 is 15.0 Å². The molecule has 0 aromatic heterocycles. The lowest BCUT2D eigenvalue weighted by atomic mass is 10.0. The number of aryl methyl sites for hydroxylation is 1. The van der Waals surface area contributed by atoms with E-state index in [1.54, 1.807) is 36.3 Å². The summed E-state index contributed by atoms with van der Waals surface area (Å²) in [5.41, 5.74) is 2.71. The van der Waals surface area contributed by atoms with Gasteiger partial charge in [0.15, 0.2) is 6.61 Å². The number of ether oxygens (including phenoxy) is 2. The quantitative estimate of drug-likeness (QED) is 0.742. The highest BCUT2D eigenvalue weighted by Crippen LogP contribution is 2.31. The normalized spacial score (nSPS) is 15.2. The lowest BCUT2D eigenvalue weighted by molar-refractivity contribution is -0.121. The van der Waals surface area contributed by atoms with Gasteiger partial charge in [-0.05, 0) is 67.6 Å². The van der Waals surface area contributed by atoms with Gasteiger partial charge in [-0.15, -0.1) is 0 Å². The van der Waals surface area contributed by atoms with Gasteiger partial charge in [-0.25, -0.2) is 4.79 Å². The van der Waals surface area contributed by atoms with E-state index in [1.165, 1.54) is 0 Å². The number of methoxy groups -OCH3 is 1. The third-order valence-corrected chi connectivity index (χ3v) is 5.35. The van der Waals surface area contributed by atoms with E-state index in [4.69, 9.17) is 9.47 Å². The van der Waals surface area contributed by atoms with Crippen molar-refractivity contribution in [3.63, 3.8) is 0 Å². The molecule has 2 amide bonds. The zero-order chi connectivity index (χ0) is 21.1. The van der Waals surface area contributed by atoms with E-state index in [9.17, 15) is 14.4 Å². The van der Waals surface area contributed by atoms with Crippen molar-refractivity contribution in [2.24, 2.45) is 5.92 Å². The number of carbonyl (C=O) groups is 3. The molecule has 0 unspecified atom stereocenters. The number of fused-ring (bicyclic) bond motifs is 1. The van der Waals surface area contributed by atoms with E-state index in [2.05, 4.69) is 5.32 Å². The first kappa shape index (κ1) is 19.9. The Morgan fingerprint density at radius 1 is 1.13 bits per heavy atom. The van der Waals surface area contributed by atoms with Crippen LogP contribution in [0, 0.1) is 5.92 Å². The summed E-state index contributed by atoms with van der Waals surface area (Å²) >= 11 is 0. The van der Waals surface area contributed by atoms with Crippen LogP contribution in [0.15, 0.2) is 42.5 Å². The van der Waals surface area contributed by atoms with Crippen molar-refractivity contribution in [1.29, 1.82) is 0 Å². The number of nitrogens with zero attached hydrogens (tertiary/aromatic N) is 1. The first-order chi connectivity index (χ1) is 14.5. The van der Waals surface area contributed by atoms with Gasteiger partial charge in [0.2, 0.25) is 5.91 Å². The molecule has 1 aliphatic heterocycles. The first-order valence-electron chi connectivity index (χ1n) is 10.1. The van der Waals surface area contributed by atoms with Crippen LogP contribution in [0.5, 0.6) is 5.75 Å². The van der Waals surface area contributed by atoms with E-state index in [0.29, 0.717) is 17.8 Å². The molecular weight excluding hydrogens is 384 g/mol. The Kier molecular flexibility index (Phi) is 5.70. The third kappa shape index (κ3) is 4.45. The summed E-state index contributed by atoms with van der Waals surface area (Å²) in [5.74, 6) is -0.0738. The Hall–Kier alpha value is -3.35. The molecule has 0 atom stereocenters. The summed E-state index contributed by atoms with van der Waals surface area (Å²) in [6.07, 6.45) is 3.52. The zero-order valence-corrected chi connectivity index (χ0v) is 16.8. The van der Waals surface area contributed by atoms with Crippen LogP contribution in [-0.2, 0) is 20.7 Å². The predicted octanol–water partition coefficient (Wildman–Crippen LogP) is 3.18. The average Bonchev–Trinajstić information content (AvgIpc) is 3.62. The number of esters is 1. The maximum absolute atomic E-state index is 12.7. The Morgan fingerprint density at radius 3 is 2.73 bits per heavy atom. The summed E-state index contributed by atoms with van der Waals surface area (Å²) in [6.45, 7) is 0.237. The Balaban J connectivity index is 1.37. The van der Waals surface area contributed by atoms with Gasteiger partial charge in [0.25, 0.3) is 5.91 Å². The molecule has 156 valence electrons. The number of hydrogen-bond donors (Lipinski definition) is 1. The molecule has 0 spiro atoms. The molecule has 7 nitrogen and oxygen atoms in total. The van der Waals surface area contributed by atoms with Gasteiger partial charge in [0, 0.05) is 23.8 Å². The predicted molar refractivity (Wildman–Crippen MR) is 112 cm³/mol. The minimum atomic E-state index is -0.599. The molecule has 1 N–H and O–H groups in total. The zero-order valence-electron chi connectivity index (χ0n) is 16.8. The minimum Gasteiger partial charge on any atom is -0.497 e. The van der Waals surface area contributed by atoms with Crippen LogP contribution in [0.4, 0.5) is 11.4 Å². The summed E-state index contributed by atoms with van der Waals surface area (Å²) in [4.78, 5) is 38.7. The molecule has 30 heavy (non-hydrogen) atoms. The summed E-state index contributed by atoms with van der Waals surface area (Å²) in [6, 6.07) is 12.2. The fraction of sp³-hybridized carbons (Fsp3) is 0.348. The number of carbonyl (C=O) groups excluding carboxylic acids is 3. The fourth-order valence-corrected chi connectivity index (χ4v) is 3.56. The molecule has 2 aliphatic rings. The largest absolute Gasteiger partial charge is 0.497 e. The monoisotopic (exact) mass is 408 g/mol. The van der Waals surface area contributed by atoms with Crippen LogP contribution in [-0.4, -0.2) is 38.0 Å². The highest BCUT2D eigenvalue weighted by Gasteiger charge is 2.29. The molecule has 0 saturated heterocycles. The Bertz CT molecular complexity index is 983. The van der Waals surface area contributed by atoms with Crippen molar-refractivity contribution in [2.45, 2.75) is 25.7 Å². The smallest absolute Gasteiger partial charge is 0.338 e. The first-order valence-corrected chi connectivity index (χ1v) is 10.1. The van der Waals surface area contributed by atoms with Crippen molar-refractivity contribution in [3.8, 4) is 5.75 Å². The lowest BCUT2D eigenvalue weighted by Crippen LogP contribution is -2.38. The molecule has 4 rings (SSSR count). The van der Waals surface area contributed by atoms with Gasteiger partial charge < -0.3 is 19.7 Å². The van der Waals surface area contributed by atoms with Gasteiger partial charge in [0.1, 0.15) is 5.75 Å². The molecule has 0 bridgehead atoms. The van der Waals surface area contributed by atoms with Gasteiger partial charge in [-0.1, -0.05) is 6.07 Å². The van der Waals surface area contributed by atoms with Crippen molar-refractivity contribution in [3.05, 3.63) is 53.6 Å².